The molecule has 0 aliphatic carbocycles. The number of anilines is 1. The molecule has 26 heavy (non-hydrogen) atoms. The van der Waals surface area contributed by atoms with E-state index < -0.39 is 28.1 Å². The highest BCUT2D eigenvalue weighted by Gasteiger charge is 2.34. The number of ether oxygens (including phenoxy) is 1. The average Bonchev–Trinajstić information content (AvgIpc) is 3.13. The Hall–Kier alpha value is -2.17. The number of amides is 2. The minimum absolute atomic E-state index is 0.0772. The van der Waals surface area contributed by atoms with Crippen molar-refractivity contribution in [3.8, 4) is 0 Å². The minimum Gasteiger partial charge on any atom is -0.480 e. The lowest BCUT2D eigenvalue weighted by Crippen LogP contribution is -2.42. The molecule has 2 aliphatic heterocycles. The summed E-state index contributed by atoms with van der Waals surface area (Å²) < 4.78 is 31.9. The largest absolute Gasteiger partial charge is 0.480 e. The number of benzene rings is 1. The molecular weight excluding hydrogens is 362 g/mol. The molecule has 0 saturated carbocycles. The van der Waals surface area contributed by atoms with Crippen LogP contribution in [0.2, 0.25) is 0 Å². The summed E-state index contributed by atoms with van der Waals surface area (Å²) in [5.41, 5.74) is 0.306. The highest BCUT2D eigenvalue weighted by molar-refractivity contribution is 7.89. The summed E-state index contributed by atoms with van der Waals surface area (Å²) in [7, 11) is -3.67. The molecule has 2 fully saturated rings. The van der Waals surface area contributed by atoms with Gasteiger partial charge in [-0.25, -0.2) is 18.0 Å². The number of morpholine rings is 1. The van der Waals surface area contributed by atoms with Crippen LogP contribution in [0.5, 0.6) is 0 Å². The number of sulfonamides is 1. The highest BCUT2D eigenvalue weighted by Crippen LogP contribution is 2.22. The molecule has 0 spiro atoms. The van der Waals surface area contributed by atoms with E-state index in [1.165, 1.54) is 21.3 Å². The van der Waals surface area contributed by atoms with Crippen LogP contribution in [0.25, 0.3) is 0 Å². The van der Waals surface area contributed by atoms with Crippen LogP contribution in [0.4, 0.5) is 10.5 Å². The number of nitrogens with zero attached hydrogens (tertiary/aromatic N) is 2. The second-order valence-corrected chi connectivity index (χ2v) is 8.10. The van der Waals surface area contributed by atoms with Crippen molar-refractivity contribution in [1.82, 2.24) is 9.21 Å². The lowest BCUT2D eigenvalue weighted by Gasteiger charge is -2.26. The third-order valence-electron chi connectivity index (χ3n) is 4.49. The van der Waals surface area contributed by atoms with Gasteiger partial charge in [-0.2, -0.15) is 4.31 Å². The van der Waals surface area contributed by atoms with Gasteiger partial charge in [-0.15, -0.1) is 0 Å². The highest BCUT2D eigenvalue weighted by atomic mass is 32.2. The van der Waals surface area contributed by atoms with E-state index in [1.807, 2.05) is 0 Å². The van der Waals surface area contributed by atoms with Crippen molar-refractivity contribution in [2.75, 3.05) is 38.2 Å². The summed E-state index contributed by atoms with van der Waals surface area (Å²) in [6.07, 6.45) is 1.03. The number of nitrogens with one attached hydrogen (secondary N) is 1. The number of rotatable bonds is 4. The Morgan fingerprint density at radius 3 is 2.62 bits per heavy atom. The van der Waals surface area contributed by atoms with Crippen LogP contribution in [0.15, 0.2) is 29.2 Å². The summed E-state index contributed by atoms with van der Waals surface area (Å²) in [5, 5.41) is 11.8. The Labute approximate surface area is 151 Å². The van der Waals surface area contributed by atoms with Crippen molar-refractivity contribution in [2.24, 2.45) is 0 Å². The number of carbonyl (C=O) groups is 2. The van der Waals surface area contributed by atoms with Crippen LogP contribution in [-0.4, -0.2) is 73.6 Å². The first kappa shape index (κ1) is 18.6. The fourth-order valence-corrected chi connectivity index (χ4v) is 4.59. The molecule has 2 aliphatic rings. The first-order valence-electron chi connectivity index (χ1n) is 8.38. The smallest absolute Gasteiger partial charge is 0.326 e. The molecule has 2 amide bonds. The Morgan fingerprint density at radius 2 is 1.92 bits per heavy atom. The van der Waals surface area contributed by atoms with Crippen LogP contribution < -0.4 is 5.32 Å². The molecule has 10 heteroatoms. The van der Waals surface area contributed by atoms with Gasteiger partial charge >= 0.3 is 12.0 Å². The van der Waals surface area contributed by atoms with Crippen LogP contribution >= 0.6 is 0 Å². The van der Waals surface area contributed by atoms with Gasteiger partial charge in [0.25, 0.3) is 0 Å². The third kappa shape index (κ3) is 3.81. The Balaban J connectivity index is 1.75. The Bertz CT molecular complexity index is 791. The maximum absolute atomic E-state index is 12.7. The monoisotopic (exact) mass is 383 g/mol. The van der Waals surface area contributed by atoms with Crippen molar-refractivity contribution in [2.45, 2.75) is 23.8 Å². The van der Waals surface area contributed by atoms with Crippen molar-refractivity contribution in [3.05, 3.63) is 24.3 Å². The third-order valence-corrected chi connectivity index (χ3v) is 6.39. The molecule has 9 nitrogen and oxygen atoms in total. The van der Waals surface area contributed by atoms with E-state index in [0.29, 0.717) is 38.3 Å². The van der Waals surface area contributed by atoms with Gasteiger partial charge in [0.2, 0.25) is 10.0 Å². The van der Waals surface area contributed by atoms with Gasteiger partial charge in [0, 0.05) is 25.3 Å². The van der Waals surface area contributed by atoms with E-state index >= 15 is 0 Å². The second kappa shape index (κ2) is 7.60. The van der Waals surface area contributed by atoms with Crippen molar-refractivity contribution in [1.29, 1.82) is 0 Å². The fourth-order valence-electron chi connectivity index (χ4n) is 3.13. The van der Waals surface area contributed by atoms with E-state index in [9.17, 15) is 23.1 Å². The van der Waals surface area contributed by atoms with Gasteiger partial charge in [0.15, 0.2) is 0 Å². The van der Waals surface area contributed by atoms with Gasteiger partial charge in [-0.3, -0.25) is 0 Å². The number of carboxylic acids is 1. The quantitative estimate of drug-likeness (QED) is 0.794. The summed E-state index contributed by atoms with van der Waals surface area (Å²) in [5.74, 6) is -1.04. The minimum atomic E-state index is -3.67. The molecule has 2 heterocycles. The van der Waals surface area contributed by atoms with Crippen LogP contribution in [0.1, 0.15) is 12.8 Å². The van der Waals surface area contributed by atoms with Gasteiger partial charge in [-0.1, -0.05) is 6.07 Å². The van der Waals surface area contributed by atoms with Gasteiger partial charge in [-0.05, 0) is 31.0 Å². The number of hydrogen-bond acceptors (Lipinski definition) is 5. The number of aliphatic carboxylic acids is 1. The van der Waals surface area contributed by atoms with Crippen LogP contribution in [-0.2, 0) is 19.6 Å². The normalized spacial score (nSPS) is 21.5. The molecule has 1 atom stereocenters. The fraction of sp³-hybridized carbons (Fsp3) is 0.500. The van der Waals surface area contributed by atoms with Gasteiger partial charge < -0.3 is 20.1 Å². The molecule has 1 unspecified atom stereocenters. The molecule has 0 aromatic heterocycles. The number of likely N-dealkylation sites (tertiary alicyclic amines) is 1. The van der Waals surface area contributed by atoms with Crippen molar-refractivity contribution >= 4 is 27.7 Å². The average molecular weight is 383 g/mol. The first-order valence-corrected chi connectivity index (χ1v) is 9.82. The zero-order valence-electron chi connectivity index (χ0n) is 14.1. The molecule has 1 aromatic rings. The summed E-state index contributed by atoms with van der Waals surface area (Å²) >= 11 is 0. The Kier molecular flexibility index (Phi) is 5.44. The SMILES string of the molecule is O=C(O)C1CCCN1C(=O)Nc1cccc(S(=O)(=O)N2CCOCC2)c1. The maximum atomic E-state index is 12.7. The Morgan fingerprint density at radius 1 is 1.19 bits per heavy atom. The molecule has 0 bridgehead atoms. The lowest BCUT2D eigenvalue weighted by atomic mass is 10.2. The standard InChI is InChI=1S/C16H21N3O6S/c20-15(21)14-5-2-6-19(14)16(22)17-12-3-1-4-13(11-12)26(23,24)18-7-9-25-10-8-18/h1,3-4,11,14H,2,5-10H2,(H,17,22)(H,20,21). The van der Waals surface area contributed by atoms with E-state index in [0.717, 1.165) is 0 Å². The van der Waals surface area contributed by atoms with E-state index in [1.54, 1.807) is 12.1 Å². The molecule has 2 saturated heterocycles. The van der Waals surface area contributed by atoms with Gasteiger partial charge in [0.1, 0.15) is 6.04 Å². The molecule has 1 aromatic carbocycles. The maximum Gasteiger partial charge on any atom is 0.326 e. The van der Waals surface area contributed by atoms with Crippen LogP contribution in [0, 0.1) is 0 Å². The molecule has 2 N–H and O–H groups in total. The first-order chi connectivity index (χ1) is 12.4. The van der Waals surface area contributed by atoms with Gasteiger partial charge in [0.05, 0.1) is 18.1 Å². The summed E-state index contributed by atoms with van der Waals surface area (Å²) in [6.45, 7) is 1.62. The number of hydrogen-bond donors (Lipinski definition) is 2. The van der Waals surface area contributed by atoms with Crippen molar-refractivity contribution < 1.29 is 27.9 Å². The predicted molar refractivity (Wildman–Crippen MR) is 92.4 cm³/mol. The number of carboxylic acid groups (broad SMARTS) is 1. The second-order valence-electron chi connectivity index (χ2n) is 6.16. The summed E-state index contributed by atoms with van der Waals surface area (Å²) in [4.78, 5) is 24.9. The van der Waals surface area contributed by atoms with E-state index in [4.69, 9.17) is 4.74 Å². The molecule has 142 valence electrons. The van der Waals surface area contributed by atoms with E-state index in [-0.39, 0.29) is 18.0 Å². The summed E-state index contributed by atoms with van der Waals surface area (Å²) in [6, 6.07) is 4.57. The van der Waals surface area contributed by atoms with E-state index in [2.05, 4.69) is 5.32 Å². The zero-order chi connectivity index (χ0) is 18.7. The number of carbonyl (C=O) groups excluding carboxylic acids is 1. The molecule has 3 rings (SSSR count). The number of urea groups is 1. The van der Waals surface area contributed by atoms with Crippen molar-refractivity contribution in [3.63, 3.8) is 0 Å². The lowest BCUT2D eigenvalue weighted by molar-refractivity contribution is -0.141. The predicted octanol–water partition coefficient (Wildman–Crippen LogP) is 0.788. The molecule has 0 radical (unpaired) electrons. The zero-order valence-corrected chi connectivity index (χ0v) is 14.9. The van der Waals surface area contributed by atoms with Crippen LogP contribution in [0.3, 0.4) is 0 Å². The topological polar surface area (TPSA) is 116 Å². The molecular formula is C16H21N3O6S.